The van der Waals surface area contributed by atoms with Gasteiger partial charge in [-0.25, -0.2) is 0 Å². The maximum atomic E-state index is 10.8. The van der Waals surface area contributed by atoms with Crippen molar-refractivity contribution in [3.8, 4) is 0 Å². The van der Waals surface area contributed by atoms with Crippen molar-refractivity contribution in [2.75, 3.05) is 0 Å². The van der Waals surface area contributed by atoms with Crippen LogP contribution < -0.4 is 0 Å². The molecule has 1 N–H and O–H groups in total. The molecule has 1 aromatic heterocycles. The molecule has 0 bridgehead atoms. The molecule has 1 aromatic carbocycles. The Morgan fingerprint density at radius 1 is 1.19 bits per heavy atom. The Bertz CT molecular complexity index is 567. The van der Waals surface area contributed by atoms with E-state index in [1.807, 2.05) is 30.7 Å². The Kier molecular flexibility index (Phi) is 2.46. The molecular weight excluding hydrogens is 202 g/mol. The number of carboxylic acids is 1. The number of aromatic nitrogens is 1. The molecule has 0 aliphatic carbocycles. The SMILES string of the molecule is Cc1ccc(C)c2c1c(C)cn2CC(=O)O. The van der Waals surface area contributed by atoms with Gasteiger partial charge in [-0.15, -0.1) is 0 Å². The van der Waals surface area contributed by atoms with Crippen molar-refractivity contribution in [1.82, 2.24) is 4.57 Å². The molecule has 0 spiro atoms. The van der Waals surface area contributed by atoms with Gasteiger partial charge in [-0.2, -0.15) is 0 Å². The lowest BCUT2D eigenvalue weighted by atomic mass is 10.1. The number of fused-ring (bicyclic) bond motifs is 1. The van der Waals surface area contributed by atoms with E-state index in [1.54, 1.807) is 0 Å². The Hall–Kier alpha value is -1.77. The monoisotopic (exact) mass is 217 g/mol. The fraction of sp³-hybridized carbons (Fsp3) is 0.308. The first kappa shape index (κ1) is 10.7. The number of carboxylic acid groups (broad SMARTS) is 1. The van der Waals surface area contributed by atoms with Gasteiger partial charge in [-0.1, -0.05) is 12.1 Å². The van der Waals surface area contributed by atoms with Gasteiger partial charge >= 0.3 is 5.97 Å². The highest BCUT2D eigenvalue weighted by molar-refractivity contribution is 5.90. The molecule has 0 aliphatic heterocycles. The van der Waals surface area contributed by atoms with Crippen LogP contribution in [0.25, 0.3) is 10.9 Å². The first-order chi connectivity index (χ1) is 7.50. The Balaban J connectivity index is 2.77. The zero-order chi connectivity index (χ0) is 11.9. The zero-order valence-electron chi connectivity index (χ0n) is 9.74. The molecule has 0 atom stereocenters. The topological polar surface area (TPSA) is 42.2 Å². The number of carbonyl (C=O) groups is 1. The third-order valence-corrected chi connectivity index (χ3v) is 2.92. The van der Waals surface area contributed by atoms with Crippen molar-refractivity contribution in [2.45, 2.75) is 27.3 Å². The first-order valence-corrected chi connectivity index (χ1v) is 5.28. The lowest BCUT2D eigenvalue weighted by molar-refractivity contribution is -0.137. The summed E-state index contributed by atoms with van der Waals surface area (Å²) in [5.74, 6) is -0.808. The molecule has 0 saturated carbocycles. The maximum Gasteiger partial charge on any atom is 0.323 e. The van der Waals surface area contributed by atoms with Crippen LogP contribution in [-0.4, -0.2) is 15.6 Å². The zero-order valence-corrected chi connectivity index (χ0v) is 9.74. The van der Waals surface area contributed by atoms with Crippen molar-refractivity contribution in [3.63, 3.8) is 0 Å². The average Bonchev–Trinajstić information content (AvgIpc) is 2.49. The van der Waals surface area contributed by atoms with Crippen LogP contribution in [0.5, 0.6) is 0 Å². The van der Waals surface area contributed by atoms with E-state index < -0.39 is 5.97 Å². The van der Waals surface area contributed by atoms with Crippen molar-refractivity contribution in [2.24, 2.45) is 0 Å². The van der Waals surface area contributed by atoms with Crippen LogP contribution in [0.3, 0.4) is 0 Å². The van der Waals surface area contributed by atoms with Crippen LogP contribution in [0.15, 0.2) is 18.3 Å². The van der Waals surface area contributed by atoms with Gasteiger partial charge in [0.2, 0.25) is 0 Å². The highest BCUT2D eigenvalue weighted by atomic mass is 16.4. The molecule has 84 valence electrons. The van der Waals surface area contributed by atoms with Crippen LogP contribution >= 0.6 is 0 Å². The van der Waals surface area contributed by atoms with Gasteiger partial charge in [0, 0.05) is 11.6 Å². The number of rotatable bonds is 2. The molecule has 0 radical (unpaired) electrons. The van der Waals surface area contributed by atoms with E-state index in [1.165, 1.54) is 10.9 Å². The molecule has 0 aliphatic rings. The van der Waals surface area contributed by atoms with Crippen molar-refractivity contribution in [3.05, 3.63) is 35.0 Å². The summed E-state index contributed by atoms with van der Waals surface area (Å²) in [6.07, 6.45) is 1.92. The number of benzene rings is 1. The number of hydrogen-bond acceptors (Lipinski definition) is 1. The Morgan fingerprint density at radius 3 is 2.44 bits per heavy atom. The van der Waals surface area contributed by atoms with Gasteiger partial charge in [0.1, 0.15) is 6.54 Å². The molecule has 3 nitrogen and oxygen atoms in total. The Morgan fingerprint density at radius 2 is 1.81 bits per heavy atom. The molecule has 2 rings (SSSR count). The highest BCUT2D eigenvalue weighted by Crippen LogP contribution is 2.27. The first-order valence-electron chi connectivity index (χ1n) is 5.28. The lowest BCUT2D eigenvalue weighted by Gasteiger charge is -2.06. The normalized spacial score (nSPS) is 10.9. The molecule has 16 heavy (non-hydrogen) atoms. The summed E-state index contributed by atoms with van der Waals surface area (Å²) in [5, 5.41) is 10.1. The third-order valence-electron chi connectivity index (χ3n) is 2.92. The van der Waals surface area contributed by atoms with E-state index in [2.05, 4.69) is 13.0 Å². The van der Waals surface area contributed by atoms with E-state index in [0.717, 1.165) is 16.6 Å². The maximum absolute atomic E-state index is 10.8. The van der Waals surface area contributed by atoms with E-state index in [4.69, 9.17) is 5.11 Å². The largest absolute Gasteiger partial charge is 0.480 e. The summed E-state index contributed by atoms with van der Waals surface area (Å²) in [7, 11) is 0. The summed E-state index contributed by atoms with van der Waals surface area (Å²) in [5.41, 5.74) is 4.49. The number of aliphatic carboxylic acids is 1. The van der Waals surface area contributed by atoms with Gasteiger partial charge in [-0.3, -0.25) is 4.79 Å². The Labute approximate surface area is 94.3 Å². The van der Waals surface area contributed by atoms with Crippen molar-refractivity contribution in [1.29, 1.82) is 0 Å². The number of nitrogens with zero attached hydrogens (tertiary/aromatic N) is 1. The average molecular weight is 217 g/mol. The smallest absolute Gasteiger partial charge is 0.323 e. The minimum absolute atomic E-state index is 0.0225. The van der Waals surface area contributed by atoms with E-state index >= 15 is 0 Å². The third kappa shape index (κ3) is 1.58. The van der Waals surface area contributed by atoms with Crippen LogP contribution in [0, 0.1) is 20.8 Å². The van der Waals surface area contributed by atoms with Gasteiger partial charge in [-0.05, 0) is 37.5 Å². The number of aryl methyl sites for hydroxylation is 3. The predicted molar refractivity (Wildman–Crippen MR) is 63.8 cm³/mol. The fourth-order valence-corrected chi connectivity index (χ4v) is 2.30. The second kappa shape index (κ2) is 3.67. The fourth-order valence-electron chi connectivity index (χ4n) is 2.30. The van der Waals surface area contributed by atoms with Crippen molar-refractivity contribution < 1.29 is 9.90 Å². The minimum atomic E-state index is -0.808. The van der Waals surface area contributed by atoms with E-state index in [0.29, 0.717) is 0 Å². The molecule has 0 amide bonds. The van der Waals surface area contributed by atoms with E-state index in [-0.39, 0.29) is 6.54 Å². The van der Waals surface area contributed by atoms with Crippen LogP contribution in [-0.2, 0) is 11.3 Å². The predicted octanol–water partition coefficient (Wildman–Crippen LogP) is 2.65. The summed E-state index contributed by atoms with van der Waals surface area (Å²) in [6.45, 7) is 6.11. The molecule has 1 heterocycles. The molecule has 3 heteroatoms. The molecule has 0 fully saturated rings. The van der Waals surface area contributed by atoms with Crippen LogP contribution in [0.4, 0.5) is 0 Å². The van der Waals surface area contributed by atoms with Crippen LogP contribution in [0.2, 0.25) is 0 Å². The second-order valence-electron chi connectivity index (χ2n) is 4.26. The van der Waals surface area contributed by atoms with Gasteiger partial charge in [0.15, 0.2) is 0 Å². The quantitative estimate of drug-likeness (QED) is 0.840. The summed E-state index contributed by atoms with van der Waals surface area (Å²) in [6, 6.07) is 4.12. The molecular formula is C13H15NO2. The summed E-state index contributed by atoms with van der Waals surface area (Å²) in [4.78, 5) is 10.8. The molecule has 2 aromatic rings. The molecule has 0 unspecified atom stereocenters. The summed E-state index contributed by atoms with van der Waals surface area (Å²) < 4.78 is 1.81. The van der Waals surface area contributed by atoms with Gasteiger partial charge < -0.3 is 9.67 Å². The van der Waals surface area contributed by atoms with Gasteiger partial charge in [0.05, 0.1) is 5.52 Å². The van der Waals surface area contributed by atoms with E-state index in [9.17, 15) is 4.79 Å². The standard InChI is InChI=1S/C13H15NO2/c1-8-4-5-9(2)13-12(8)10(3)6-14(13)7-11(15)16/h4-6H,7H2,1-3H3,(H,15,16). The van der Waals surface area contributed by atoms with Gasteiger partial charge in [0.25, 0.3) is 0 Å². The number of hydrogen-bond donors (Lipinski definition) is 1. The second-order valence-corrected chi connectivity index (χ2v) is 4.26. The lowest BCUT2D eigenvalue weighted by Crippen LogP contribution is -2.07. The molecule has 0 saturated heterocycles. The highest BCUT2D eigenvalue weighted by Gasteiger charge is 2.11. The minimum Gasteiger partial charge on any atom is -0.480 e. The van der Waals surface area contributed by atoms with Crippen LogP contribution in [0.1, 0.15) is 16.7 Å². The summed E-state index contributed by atoms with van der Waals surface area (Å²) >= 11 is 0. The van der Waals surface area contributed by atoms with Crippen molar-refractivity contribution >= 4 is 16.9 Å².